The second-order valence-electron chi connectivity index (χ2n) is 6.38. The van der Waals surface area contributed by atoms with E-state index in [0.717, 1.165) is 25.1 Å². The summed E-state index contributed by atoms with van der Waals surface area (Å²) in [5.41, 5.74) is 1.17. The van der Waals surface area contributed by atoms with Gasteiger partial charge in [-0.2, -0.15) is 4.31 Å². The summed E-state index contributed by atoms with van der Waals surface area (Å²) >= 11 is 0. The predicted octanol–water partition coefficient (Wildman–Crippen LogP) is 1.76. The van der Waals surface area contributed by atoms with E-state index in [1.54, 1.807) is 18.3 Å². The molecule has 2 aromatic rings. The zero-order valence-electron chi connectivity index (χ0n) is 15.2. The Hall–Kier alpha value is -2.29. The molecule has 27 heavy (non-hydrogen) atoms. The maximum Gasteiger partial charge on any atom is 0.339 e. The predicted molar refractivity (Wildman–Crippen MR) is 101 cm³/mol. The van der Waals surface area contributed by atoms with Crippen molar-refractivity contribution >= 4 is 16.0 Å². The third kappa shape index (κ3) is 4.52. The number of sulfonamides is 1. The Kier molecular flexibility index (Phi) is 6.20. The molecule has 144 valence electrons. The molecule has 7 nitrogen and oxygen atoms in total. The fraction of sp³-hybridized carbons (Fsp3) is 0.368. The van der Waals surface area contributed by atoms with Gasteiger partial charge >= 0.3 is 5.97 Å². The summed E-state index contributed by atoms with van der Waals surface area (Å²) in [5.74, 6) is -0.651. The van der Waals surface area contributed by atoms with E-state index in [9.17, 15) is 13.2 Å². The SMILES string of the molecule is COC(=O)c1ccccc1S(=O)(=O)N1CCCN(Cc2cccnc2)CC1. The Labute approximate surface area is 159 Å². The van der Waals surface area contributed by atoms with Crippen LogP contribution in [0.4, 0.5) is 0 Å². The average Bonchev–Trinajstić information content (AvgIpc) is 2.94. The molecule has 1 aliphatic rings. The quantitative estimate of drug-likeness (QED) is 0.725. The van der Waals surface area contributed by atoms with E-state index in [4.69, 9.17) is 4.74 Å². The Morgan fingerprint density at radius 1 is 1.11 bits per heavy atom. The molecule has 0 radical (unpaired) electrons. The van der Waals surface area contributed by atoms with E-state index in [1.807, 2.05) is 18.3 Å². The van der Waals surface area contributed by atoms with E-state index in [-0.39, 0.29) is 10.5 Å². The van der Waals surface area contributed by atoms with E-state index in [1.165, 1.54) is 23.5 Å². The highest BCUT2D eigenvalue weighted by atomic mass is 32.2. The van der Waals surface area contributed by atoms with Gasteiger partial charge in [-0.3, -0.25) is 9.88 Å². The lowest BCUT2D eigenvalue weighted by Crippen LogP contribution is -2.35. The summed E-state index contributed by atoms with van der Waals surface area (Å²) in [6.07, 6.45) is 4.28. The third-order valence-corrected chi connectivity index (χ3v) is 6.54. The second kappa shape index (κ2) is 8.60. The first kappa shape index (κ1) is 19.5. The number of nitrogens with zero attached hydrogens (tertiary/aromatic N) is 3. The zero-order valence-corrected chi connectivity index (χ0v) is 16.1. The molecule has 1 fully saturated rings. The van der Waals surface area contributed by atoms with Gasteiger partial charge in [-0.15, -0.1) is 0 Å². The van der Waals surface area contributed by atoms with Gasteiger partial charge in [-0.05, 0) is 36.7 Å². The molecule has 0 atom stereocenters. The van der Waals surface area contributed by atoms with Crippen molar-refractivity contribution in [3.05, 3.63) is 59.9 Å². The Bertz CT molecular complexity index is 887. The normalized spacial score (nSPS) is 16.6. The largest absolute Gasteiger partial charge is 0.465 e. The van der Waals surface area contributed by atoms with Crippen molar-refractivity contribution in [1.29, 1.82) is 0 Å². The molecule has 0 unspecified atom stereocenters. The number of benzene rings is 1. The van der Waals surface area contributed by atoms with Crippen LogP contribution in [-0.2, 0) is 21.3 Å². The topological polar surface area (TPSA) is 79.8 Å². The van der Waals surface area contributed by atoms with Crippen LogP contribution in [0, 0.1) is 0 Å². The van der Waals surface area contributed by atoms with Gasteiger partial charge in [0.15, 0.2) is 0 Å². The Morgan fingerprint density at radius 3 is 2.67 bits per heavy atom. The zero-order chi connectivity index (χ0) is 19.3. The molecule has 0 N–H and O–H groups in total. The molecule has 0 aliphatic carbocycles. The fourth-order valence-corrected chi connectivity index (χ4v) is 4.85. The third-order valence-electron chi connectivity index (χ3n) is 4.59. The maximum absolute atomic E-state index is 13.1. The summed E-state index contributed by atoms with van der Waals surface area (Å²) in [6.45, 7) is 2.95. The molecule has 1 aromatic carbocycles. The van der Waals surface area contributed by atoms with Crippen molar-refractivity contribution in [3.63, 3.8) is 0 Å². The number of ether oxygens (including phenoxy) is 1. The molecular weight excluding hydrogens is 366 g/mol. The first-order valence-corrected chi connectivity index (χ1v) is 10.2. The summed E-state index contributed by atoms with van der Waals surface area (Å²) in [4.78, 5) is 18.3. The lowest BCUT2D eigenvalue weighted by molar-refractivity contribution is 0.0596. The summed E-state index contributed by atoms with van der Waals surface area (Å²) in [7, 11) is -2.53. The molecule has 2 heterocycles. The van der Waals surface area contributed by atoms with Crippen LogP contribution in [0.1, 0.15) is 22.3 Å². The standard InChI is InChI=1S/C19H23N3O4S/c1-26-19(23)17-7-2-3-8-18(17)27(24,25)22-11-5-10-21(12-13-22)15-16-6-4-9-20-14-16/h2-4,6-9,14H,5,10-13,15H2,1H3. The minimum atomic E-state index is -3.77. The van der Waals surface area contributed by atoms with Crippen LogP contribution in [0.2, 0.25) is 0 Å². The van der Waals surface area contributed by atoms with E-state index in [2.05, 4.69) is 9.88 Å². The minimum absolute atomic E-state index is 0.00226. The first-order valence-electron chi connectivity index (χ1n) is 8.81. The number of carbonyl (C=O) groups excluding carboxylic acids is 1. The molecule has 3 rings (SSSR count). The molecule has 0 saturated carbocycles. The van der Waals surface area contributed by atoms with E-state index >= 15 is 0 Å². The molecule has 1 saturated heterocycles. The van der Waals surface area contributed by atoms with Crippen LogP contribution in [-0.4, -0.2) is 61.9 Å². The number of hydrogen-bond acceptors (Lipinski definition) is 6. The number of rotatable bonds is 5. The van der Waals surface area contributed by atoms with Crippen molar-refractivity contribution in [1.82, 2.24) is 14.2 Å². The highest BCUT2D eigenvalue weighted by molar-refractivity contribution is 7.89. The fourth-order valence-electron chi connectivity index (χ4n) is 3.20. The smallest absolute Gasteiger partial charge is 0.339 e. The van der Waals surface area contributed by atoms with Gasteiger partial charge < -0.3 is 4.74 Å². The highest BCUT2D eigenvalue weighted by Gasteiger charge is 2.30. The molecule has 0 bridgehead atoms. The number of methoxy groups -OCH3 is 1. The lowest BCUT2D eigenvalue weighted by Gasteiger charge is -2.22. The number of carbonyl (C=O) groups is 1. The van der Waals surface area contributed by atoms with Crippen LogP contribution in [0.3, 0.4) is 0 Å². The van der Waals surface area contributed by atoms with Gasteiger partial charge in [0.2, 0.25) is 10.0 Å². The number of esters is 1. The van der Waals surface area contributed by atoms with Crippen LogP contribution >= 0.6 is 0 Å². The molecule has 8 heteroatoms. The molecule has 1 aliphatic heterocycles. The lowest BCUT2D eigenvalue weighted by atomic mass is 10.2. The average molecular weight is 389 g/mol. The van der Waals surface area contributed by atoms with E-state index in [0.29, 0.717) is 19.6 Å². The number of pyridine rings is 1. The molecular formula is C19H23N3O4S. The summed E-state index contributed by atoms with van der Waals surface area (Å²) in [5, 5.41) is 0. The summed E-state index contributed by atoms with van der Waals surface area (Å²) in [6, 6.07) is 10.1. The van der Waals surface area contributed by atoms with Crippen molar-refractivity contribution < 1.29 is 17.9 Å². The van der Waals surface area contributed by atoms with Crippen LogP contribution in [0.15, 0.2) is 53.7 Å². The van der Waals surface area contributed by atoms with Crippen LogP contribution in [0.25, 0.3) is 0 Å². The van der Waals surface area contributed by atoms with Gasteiger partial charge in [0.1, 0.15) is 0 Å². The Balaban J connectivity index is 1.76. The van der Waals surface area contributed by atoms with Gasteiger partial charge in [-0.25, -0.2) is 13.2 Å². The van der Waals surface area contributed by atoms with Crippen molar-refractivity contribution in [2.75, 3.05) is 33.3 Å². The van der Waals surface area contributed by atoms with Crippen LogP contribution < -0.4 is 0 Å². The minimum Gasteiger partial charge on any atom is -0.465 e. The molecule has 1 aromatic heterocycles. The van der Waals surface area contributed by atoms with Crippen molar-refractivity contribution in [3.8, 4) is 0 Å². The van der Waals surface area contributed by atoms with Gasteiger partial charge in [0, 0.05) is 38.6 Å². The highest BCUT2D eigenvalue weighted by Crippen LogP contribution is 2.22. The maximum atomic E-state index is 13.1. The van der Waals surface area contributed by atoms with Crippen molar-refractivity contribution in [2.24, 2.45) is 0 Å². The van der Waals surface area contributed by atoms with Gasteiger partial charge in [0.05, 0.1) is 17.6 Å². The van der Waals surface area contributed by atoms with E-state index < -0.39 is 16.0 Å². The van der Waals surface area contributed by atoms with Crippen LogP contribution in [0.5, 0.6) is 0 Å². The second-order valence-corrected chi connectivity index (χ2v) is 8.29. The monoisotopic (exact) mass is 389 g/mol. The van der Waals surface area contributed by atoms with Crippen molar-refractivity contribution in [2.45, 2.75) is 17.9 Å². The number of aromatic nitrogens is 1. The molecule has 0 amide bonds. The molecule has 0 spiro atoms. The van der Waals surface area contributed by atoms with Gasteiger partial charge in [0.25, 0.3) is 0 Å². The first-order chi connectivity index (χ1) is 13.0. The summed E-state index contributed by atoms with van der Waals surface area (Å²) < 4.78 is 32.5. The van der Waals surface area contributed by atoms with Gasteiger partial charge in [-0.1, -0.05) is 18.2 Å². The number of hydrogen-bond donors (Lipinski definition) is 0. The Morgan fingerprint density at radius 2 is 1.93 bits per heavy atom.